The number of rotatable bonds is 3. The van der Waals surface area contributed by atoms with E-state index in [9.17, 15) is 14.9 Å². The molecule has 0 spiro atoms. The van der Waals surface area contributed by atoms with E-state index in [1.165, 1.54) is 18.2 Å². The van der Waals surface area contributed by atoms with Gasteiger partial charge in [-0.05, 0) is 25.5 Å². The highest BCUT2D eigenvalue weighted by Crippen LogP contribution is 2.22. The van der Waals surface area contributed by atoms with E-state index in [1.807, 2.05) is 6.92 Å². The minimum absolute atomic E-state index is 0.0200. The third-order valence-corrected chi connectivity index (χ3v) is 3.18. The van der Waals surface area contributed by atoms with Crippen LogP contribution in [-0.4, -0.2) is 29.6 Å². The Hall–Kier alpha value is -2.15. The van der Waals surface area contributed by atoms with E-state index in [2.05, 4.69) is 5.32 Å². The Morgan fingerprint density at radius 3 is 2.84 bits per heavy atom. The van der Waals surface area contributed by atoms with Crippen molar-refractivity contribution in [2.75, 3.05) is 12.3 Å². The van der Waals surface area contributed by atoms with Crippen LogP contribution in [-0.2, 0) is 4.74 Å². The number of nitrogens with zero attached hydrogens (tertiary/aromatic N) is 1. The molecule has 1 fully saturated rings. The quantitative estimate of drug-likeness (QED) is 0.483. The third kappa shape index (κ3) is 2.82. The molecule has 0 bridgehead atoms. The molecular weight excluding hydrogens is 250 g/mol. The number of hydrogen-bond donors (Lipinski definition) is 2. The zero-order valence-electron chi connectivity index (χ0n) is 10.5. The maximum Gasteiger partial charge on any atom is 0.292 e. The van der Waals surface area contributed by atoms with E-state index in [0.717, 1.165) is 6.42 Å². The summed E-state index contributed by atoms with van der Waals surface area (Å²) in [5.74, 6) is -0.302. The maximum atomic E-state index is 12.0. The van der Waals surface area contributed by atoms with Gasteiger partial charge in [-0.15, -0.1) is 0 Å². The van der Waals surface area contributed by atoms with Gasteiger partial charge in [0.2, 0.25) is 0 Å². The van der Waals surface area contributed by atoms with Crippen LogP contribution in [0.1, 0.15) is 23.7 Å². The number of amides is 1. The predicted molar refractivity (Wildman–Crippen MR) is 68.8 cm³/mol. The first-order chi connectivity index (χ1) is 8.99. The third-order valence-electron chi connectivity index (χ3n) is 3.18. The zero-order valence-corrected chi connectivity index (χ0v) is 10.5. The largest absolute Gasteiger partial charge is 0.393 e. The van der Waals surface area contributed by atoms with Gasteiger partial charge in [-0.1, -0.05) is 0 Å². The number of ether oxygens (including phenoxy) is 1. The molecule has 3 N–H and O–H groups in total. The van der Waals surface area contributed by atoms with Crippen molar-refractivity contribution in [3.63, 3.8) is 0 Å². The SMILES string of the molecule is CC1OCCC1NC(=O)c1ccc([N+](=O)[O-])c(N)c1. The van der Waals surface area contributed by atoms with Crippen LogP contribution in [0.15, 0.2) is 18.2 Å². The van der Waals surface area contributed by atoms with Crippen LogP contribution in [0.4, 0.5) is 11.4 Å². The molecule has 1 saturated heterocycles. The molecule has 1 aromatic carbocycles. The van der Waals surface area contributed by atoms with E-state index >= 15 is 0 Å². The predicted octanol–water partition coefficient (Wildman–Crippen LogP) is 1.08. The smallest absolute Gasteiger partial charge is 0.292 e. The first kappa shape index (κ1) is 13.3. The molecule has 19 heavy (non-hydrogen) atoms. The molecule has 1 heterocycles. The highest BCUT2D eigenvalue weighted by molar-refractivity contribution is 5.96. The Morgan fingerprint density at radius 2 is 2.32 bits per heavy atom. The number of carbonyl (C=O) groups is 1. The molecule has 1 amide bonds. The van der Waals surface area contributed by atoms with Crippen LogP contribution in [0.25, 0.3) is 0 Å². The summed E-state index contributed by atoms with van der Waals surface area (Å²) in [7, 11) is 0. The Bertz CT molecular complexity index is 518. The molecule has 1 aliphatic heterocycles. The molecule has 0 radical (unpaired) electrons. The number of nitro groups is 1. The number of nitrogens with two attached hydrogens (primary N) is 1. The van der Waals surface area contributed by atoms with Crippen molar-refractivity contribution in [2.24, 2.45) is 0 Å². The molecule has 102 valence electrons. The maximum absolute atomic E-state index is 12.0. The summed E-state index contributed by atoms with van der Waals surface area (Å²) in [4.78, 5) is 22.0. The van der Waals surface area contributed by atoms with Crippen LogP contribution >= 0.6 is 0 Å². The van der Waals surface area contributed by atoms with Gasteiger partial charge in [-0.2, -0.15) is 0 Å². The van der Waals surface area contributed by atoms with Crippen LogP contribution in [0, 0.1) is 10.1 Å². The number of hydrogen-bond acceptors (Lipinski definition) is 5. The molecular formula is C12H15N3O4. The number of nitro benzene ring substituents is 1. The topological polar surface area (TPSA) is 107 Å². The van der Waals surface area contributed by atoms with Crippen LogP contribution < -0.4 is 11.1 Å². The number of anilines is 1. The lowest BCUT2D eigenvalue weighted by molar-refractivity contribution is -0.383. The molecule has 1 aromatic rings. The monoisotopic (exact) mass is 265 g/mol. The zero-order chi connectivity index (χ0) is 14.0. The van der Waals surface area contributed by atoms with Gasteiger partial charge in [0.15, 0.2) is 0 Å². The fourth-order valence-corrected chi connectivity index (χ4v) is 2.04. The summed E-state index contributed by atoms with van der Waals surface area (Å²) < 4.78 is 5.35. The molecule has 2 rings (SSSR count). The average Bonchev–Trinajstić information content (AvgIpc) is 2.74. The molecule has 0 saturated carbocycles. The second kappa shape index (κ2) is 5.23. The van der Waals surface area contributed by atoms with Gasteiger partial charge in [0.1, 0.15) is 5.69 Å². The van der Waals surface area contributed by atoms with Crippen LogP contribution in [0.3, 0.4) is 0 Å². The van der Waals surface area contributed by atoms with E-state index in [4.69, 9.17) is 10.5 Å². The van der Waals surface area contributed by atoms with E-state index in [1.54, 1.807) is 0 Å². The summed E-state index contributed by atoms with van der Waals surface area (Å²) in [6, 6.07) is 3.90. The van der Waals surface area contributed by atoms with Gasteiger partial charge in [-0.3, -0.25) is 14.9 Å². The summed E-state index contributed by atoms with van der Waals surface area (Å²) in [5.41, 5.74) is 5.64. The van der Waals surface area contributed by atoms with E-state index in [-0.39, 0.29) is 29.4 Å². The van der Waals surface area contributed by atoms with Gasteiger partial charge < -0.3 is 15.8 Å². The lowest BCUT2D eigenvalue weighted by Gasteiger charge is -2.16. The normalized spacial score (nSPS) is 22.2. The first-order valence-electron chi connectivity index (χ1n) is 5.95. The van der Waals surface area contributed by atoms with Crippen molar-refractivity contribution in [2.45, 2.75) is 25.5 Å². The lowest BCUT2D eigenvalue weighted by Crippen LogP contribution is -2.39. The highest BCUT2D eigenvalue weighted by Gasteiger charge is 2.26. The van der Waals surface area contributed by atoms with Crippen molar-refractivity contribution in [3.05, 3.63) is 33.9 Å². The molecule has 7 nitrogen and oxygen atoms in total. The van der Waals surface area contributed by atoms with Crippen molar-refractivity contribution < 1.29 is 14.5 Å². The summed E-state index contributed by atoms with van der Waals surface area (Å²) in [5, 5.41) is 13.5. The Kier molecular flexibility index (Phi) is 3.66. The van der Waals surface area contributed by atoms with Gasteiger partial charge in [-0.25, -0.2) is 0 Å². The second-order valence-corrected chi connectivity index (χ2v) is 4.48. The molecule has 0 aliphatic carbocycles. The summed E-state index contributed by atoms with van der Waals surface area (Å²) in [6.45, 7) is 2.51. The van der Waals surface area contributed by atoms with Gasteiger partial charge in [0.05, 0.1) is 17.1 Å². The Labute approximate surface area is 109 Å². The van der Waals surface area contributed by atoms with E-state index in [0.29, 0.717) is 12.2 Å². The molecule has 2 unspecified atom stereocenters. The fourth-order valence-electron chi connectivity index (χ4n) is 2.04. The van der Waals surface area contributed by atoms with E-state index < -0.39 is 4.92 Å². The van der Waals surface area contributed by atoms with Crippen molar-refractivity contribution >= 4 is 17.3 Å². The standard InChI is InChI=1S/C12H15N3O4/c1-7-10(4-5-19-7)14-12(16)8-2-3-11(15(17)18)9(13)6-8/h2-3,6-7,10H,4-5,13H2,1H3,(H,14,16). The number of nitrogens with one attached hydrogen (secondary N) is 1. The van der Waals surface area contributed by atoms with Crippen molar-refractivity contribution in [1.82, 2.24) is 5.32 Å². The number of benzene rings is 1. The average molecular weight is 265 g/mol. The van der Waals surface area contributed by atoms with Crippen LogP contribution in [0.5, 0.6) is 0 Å². The molecule has 2 atom stereocenters. The molecule has 0 aromatic heterocycles. The van der Waals surface area contributed by atoms with Crippen LogP contribution in [0.2, 0.25) is 0 Å². The minimum atomic E-state index is -0.579. The second-order valence-electron chi connectivity index (χ2n) is 4.48. The fraction of sp³-hybridized carbons (Fsp3) is 0.417. The van der Waals surface area contributed by atoms with Crippen molar-refractivity contribution in [1.29, 1.82) is 0 Å². The molecule has 7 heteroatoms. The lowest BCUT2D eigenvalue weighted by atomic mass is 10.1. The molecule has 1 aliphatic rings. The number of carbonyl (C=O) groups excluding carboxylic acids is 1. The highest BCUT2D eigenvalue weighted by atomic mass is 16.6. The Morgan fingerprint density at radius 1 is 1.58 bits per heavy atom. The van der Waals surface area contributed by atoms with Crippen molar-refractivity contribution in [3.8, 4) is 0 Å². The van der Waals surface area contributed by atoms with Gasteiger partial charge in [0, 0.05) is 18.2 Å². The minimum Gasteiger partial charge on any atom is -0.393 e. The van der Waals surface area contributed by atoms with Gasteiger partial charge in [0.25, 0.3) is 11.6 Å². The summed E-state index contributed by atoms with van der Waals surface area (Å²) in [6.07, 6.45) is 0.731. The first-order valence-corrected chi connectivity index (χ1v) is 5.95. The Balaban J connectivity index is 2.11. The summed E-state index contributed by atoms with van der Waals surface area (Å²) >= 11 is 0. The number of nitrogen functional groups attached to an aromatic ring is 1. The van der Waals surface area contributed by atoms with Gasteiger partial charge >= 0.3 is 0 Å².